The van der Waals surface area contributed by atoms with Crippen molar-refractivity contribution in [2.24, 2.45) is 0 Å². The number of hydrogen-bond donors (Lipinski definition) is 1. The lowest BCUT2D eigenvalue weighted by Crippen LogP contribution is -1.85. The second kappa shape index (κ2) is 4.15. The predicted octanol–water partition coefficient (Wildman–Crippen LogP) is 3.92. The first kappa shape index (κ1) is 10.8. The summed E-state index contributed by atoms with van der Waals surface area (Å²) in [6, 6.07) is 13.6. The highest BCUT2D eigenvalue weighted by Gasteiger charge is 2.03. The SMILES string of the molecule is Cc1ccncc1-c1ccc2cc(O)ccc2c1. The van der Waals surface area contributed by atoms with Gasteiger partial charge in [0.25, 0.3) is 0 Å². The maximum Gasteiger partial charge on any atom is 0.116 e. The molecule has 18 heavy (non-hydrogen) atoms. The smallest absolute Gasteiger partial charge is 0.116 e. The molecule has 0 aliphatic rings. The number of benzene rings is 2. The Kier molecular flexibility index (Phi) is 2.49. The topological polar surface area (TPSA) is 33.1 Å². The quantitative estimate of drug-likeness (QED) is 0.693. The number of hydrogen-bond acceptors (Lipinski definition) is 2. The minimum absolute atomic E-state index is 0.299. The summed E-state index contributed by atoms with van der Waals surface area (Å²) in [5.74, 6) is 0.299. The van der Waals surface area contributed by atoms with Crippen molar-refractivity contribution in [1.29, 1.82) is 0 Å². The van der Waals surface area contributed by atoms with Gasteiger partial charge in [-0.25, -0.2) is 0 Å². The van der Waals surface area contributed by atoms with E-state index in [0.717, 1.165) is 21.9 Å². The minimum atomic E-state index is 0.299. The fraction of sp³-hybridized carbons (Fsp3) is 0.0625. The molecule has 88 valence electrons. The van der Waals surface area contributed by atoms with Gasteiger partial charge >= 0.3 is 0 Å². The number of fused-ring (bicyclic) bond motifs is 1. The van der Waals surface area contributed by atoms with Crippen LogP contribution in [0.2, 0.25) is 0 Å². The van der Waals surface area contributed by atoms with Gasteiger partial charge in [-0.2, -0.15) is 0 Å². The van der Waals surface area contributed by atoms with Gasteiger partial charge < -0.3 is 5.11 Å². The lowest BCUT2D eigenvalue weighted by Gasteiger charge is -2.07. The first-order chi connectivity index (χ1) is 8.74. The van der Waals surface area contributed by atoms with E-state index in [0.29, 0.717) is 5.75 Å². The van der Waals surface area contributed by atoms with Crippen LogP contribution in [0.1, 0.15) is 5.56 Å². The summed E-state index contributed by atoms with van der Waals surface area (Å²) in [6.07, 6.45) is 3.69. The van der Waals surface area contributed by atoms with E-state index in [9.17, 15) is 5.11 Å². The zero-order valence-electron chi connectivity index (χ0n) is 10.1. The Morgan fingerprint density at radius 2 is 1.72 bits per heavy atom. The lowest BCUT2D eigenvalue weighted by atomic mass is 9.99. The molecule has 0 unspecified atom stereocenters. The number of phenolic OH excluding ortho intramolecular Hbond substituents is 1. The molecule has 0 amide bonds. The zero-order valence-corrected chi connectivity index (χ0v) is 10.1. The maximum atomic E-state index is 9.45. The van der Waals surface area contributed by atoms with E-state index < -0.39 is 0 Å². The van der Waals surface area contributed by atoms with Crippen LogP contribution in [0.5, 0.6) is 5.75 Å². The molecular formula is C16H13NO. The monoisotopic (exact) mass is 235 g/mol. The average Bonchev–Trinajstić information content (AvgIpc) is 2.39. The molecule has 1 heterocycles. The standard InChI is InChI=1S/C16H13NO/c1-11-6-7-17-10-16(11)14-3-2-13-9-15(18)5-4-12(13)8-14/h2-10,18H,1H3. The van der Waals surface area contributed by atoms with Gasteiger partial charge in [0.05, 0.1) is 0 Å². The van der Waals surface area contributed by atoms with E-state index in [4.69, 9.17) is 0 Å². The molecule has 0 saturated heterocycles. The Hall–Kier alpha value is -2.35. The number of aryl methyl sites for hydroxylation is 1. The van der Waals surface area contributed by atoms with Gasteiger partial charge in [-0.1, -0.05) is 18.2 Å². The van der Waals surface area contributed by atoms with Gasteiger partial charge in [-0.15, -0.1) is 0 Å². The van der Waals surface area contributed by atoms with Crippen LogP contribution >= 0.6 is 0 Å². The van der Waals surface area contributed by atoms with E-state index in [-0.39, 0.29) is 0 Å². The highest BCUT2D eigenvalue weighted by molar-refractivity contribution is 5.88. The second-order valence-corrected chi connectivity index (χ2v) is 4.44. The molecule has 0 atom stereocenters. The molecule has 0 bridgehead atoms. The molecule has 0 fully saturated rings. The van der Waals surface area contributed by atoms with E-state index in [1.54, 1.807) is 18.3 Å². The Labute approximate surface area is 106 Å². The molecule has 1 N–H and O–H groups in total. The van der Waals surface area contributed by atoms with Gasteiger partial charge in [0, 0.05) is 18.0 Å². The van der Waals surface area contributed by atoms with Crippen molar-refractivity contribution in [1.82, 2.24) is 4.98 Å². The third-order valence-electron chi connectivity index (χ3n) is 3.17. The maximum absolute atomic E-state index is 9.45. The molecule has 2 nitrogen and oxygen atoms in total. The number of aromatic nitrogens is 1. The van der Waals surface area contributed by atoms with Crippen molar-refractivity contribution < 1.29 is 5.11 Å². The van der Waals surface area contributed by atoms with E-state index in [1.165, 1.54) is 5.56 Å². The highest BCUT2D eigenvalue weighted by atomic mass is 16.3. The van der Waals surface area contributed by atoms with Gasteiger partial charge in [0.2, 0.25) is 0 Å². The van der Waals surface area contributed by atoms with Crippen LogP contribution in [0.4, 0.5) is 0 Å². The fourth-order valence-electron chi connectivity index (χ4n) is 2.17. The van der Waals surface area contributed by atoms with Gasteiger partial charge in [0.15, 0.2) is 0 Å². The molecule has 0 radical (unpaired) electrons. The number of rotatable bonds is 1. The van der Waals surface area contributed by atoms with Gasteiger partial charge in [0.1, 0.15) is 5.75 Å². The van der Waals surface area contributed by atoms with Gasteiger partial charge in [-0.05, 0) is 53.1 Å². The summed E-state index contributed by atoms with van der Waals surface area (Å²) in [5.41, 5.74) is 3.51. The summed E-state index contributed by atoms with van der Waals surface area (Å²) in [6.45, 7) is 2.08. The van der Waals surface area contributed by atoms with Crippen molar-refractivity contribution in [3.05, 3.63) is 60.4 Å². The largest absolute Gasteiger partial charge is 0.508 e. The highest BCUT2D eigenvalue weighted by Crippen LogP contribution is 2.27. The van der Waals surface area contributed by atoms with Crippen LogP contribution in [0.3, 0.4) is 0 Å². The predicted molar refractivity (Wildman–Crippen MR) is 73.6 cm³/mol. The summed E-state index contributed by atoms with van der Waals surface area (Å²) < 4.78 is 0. The molecule has 0 aliphatic carbocycles. The first-order valence-electron chi connectivity index (χ1n) is 5.88. The van der Waals surface area contributed by atoms with Crippen molar-refractivity contribution in [2.75, 3.05) is 0 Å². The van der Waals surface area contributed by atoms with Crippen LogP contribution in [0.25, 0.3) is 21.9 Å². The third kappa shape index (κ3) is 1.82. The Bertz CT molecular complexity index is 719. The molecular weight excluding hydrogens is 222 g/mol. The number of phenols is 1. The van der Waals surface area contributed by atoms with Crippen molar-refractivity contribution in [3.63, 3.8) is 0 Å². The number of pyridine rings is 1. The van der Waals surface area contributed by atoms with E-state index in [2.05, 4.69) is 24.0 Å². The summed E-state index contributed by atoms with van der Waals surface area (Å²) >= 11 is 0. The van der Waals surface area contributed by atoms with Gasteiger partial charge in [-0.3, -0.25) is 4.98 Å². The molecule has 3 aromatic rings. The second-order valence-electron chi connectivity index (χ2n) is 4.44. The summed E-state index contributed by atoms with van der Waals surface area (Å²) in [7, 11) is 0. The molecule has 3 rings (SSSR count). The average molecular weight is 235 g/mol. The van der Waals surface area contributed by atoms with Crippen LogP contribution in [0.15, 0.2) is 54.9 Å². The third-order valence-corrected chi connectivity index (χ3v) is 3.17. The Balaban J connectivity index is 2.20. The molecule has 2 heteroatoms. The molecule has 0 spiro atoms. The van der Waals surface area contributed by atoms with Crippen LogP contribution in [-0.2, 0) is 0 Å². The van der Waals surface area contributed by atoms with Crippen LogP contribution in [-0.4, -0.2) is 10.1 Å². The summed E-state index contributed by atoms with van der Waals surface area (Å²) in [4.78, 5) is 4.18. The minimum Gasteiger partial charge on any atom is -0.508 e. The van der Waals surface area contributed by atoms with Crippen molar-refractivity contribution in [2.45, 2.75) is 6.92 Å². The molecule has 0 aliphatic heterocycles. The number of nitrogens with zero attached hydrogens (tertiary/aromatic N) is 1. The van der Waals surface area contributed by atoms with Crippen LogP contribution < -0.4 is 0 Å². The van der Waals surface area contributed by atoms with E-state index >= 15 is 0 Å². The fourth-order valence-corrected chi connectivity index (χ4v) is 2.17. The first-order valence-corrected chi connectivity index (χ1v) is 5.88. The molecule has 2 aromatic carbocycles. The van der Waals surface area contributed by atoms with Crippen molar-refractivity contribution >= 4 is 10.8 Å². The molecule has 0 saturated carbocycles. The Morgan fingerprint density at radius 3 is 2.56 bits per heavy atom. The zero-order chi connectivity index (χ0) is 12.5. The summed E-state index contributed by atoms with van der Waals surface area (Å²) in [5, 5.41) is 11.6. The Morgan fingerprint density at radius 1 is 0.944 bits per heavy atom. The molecule has 1 aromatic heterocycles. The number of aromatic hydroxyl groups is 1. The van der Waals surface area contributed by atoms with E-state index in [1.807, 2.05) is 24.4 Å². The van der Waals surface area contributed by atoms with Crippen LogP contribution in [0, 0.1) is 6.92 Å². The van der Waals surface area contributed by atoms with Crippen molar-refractivity contribution in [3.8, 4) is 16.9 Å². The lowest BCUT2D eigenvalue weighted by molar-refractivity contribution is 0.476. The normalized spacial score (nSPS) is 10.7.